The highest BCUT2D eigenvalue weighted by molar-refractivity contribution is 5.80. The van der Waals surface area contributed by atoms with E-state index in [1.807, 2.05) is 4.90 Å². The third kappa shape index (κ3) is 1.99. The summed E-state index contributed by atoms with van der Waals surface area (Å²) in [7, 11) is 0. The summed E-state index contributed by atoms with van der Waals surface area (Å²) < 4.78 is 10.6. The topological polar surface area (TPSA) is 50.8 Å². The quantitative estimate of drug-likeness (QED) is 0.558. The van der Waals surface area contributed by atoms with Crippen LogP contribution in [0.5, 0.6) is 0 Å². The van der Waals surface area contributed by atoms with Crippen molar-refractivity contribution in [3.8, 4) is 0 Å². The molecule has 0 aromatic carbocycles. The van der Waals surface area contributed by atoms with Crippen LogP contribution in [0.2, 0.25) is 0 Å². The van der Waals surface area contributed by atoms with E-state index in [1.54, 1.807) is 0 Å². The van der Waals surface area contributed by atoms with Crippen molar-refractivity contribution in [3.05, 3.63) is 0 Å². The minimum Gasteiger partial charge on any atom is -0.379 e. The van der Waals surface area contributed by atoms with Gasteiger partial charge in [-0.3, -0.25) is 9.69 Å². The van der Waals surface area contributed by atoms with Gasteiger partial charge in [0.15, 0.2) is 6.23 Å². The van der Waals surface area contributed by atoms with Crippen LogP contribution in [0.3, 0.4) is 0 Å². The van der Waals surface area contributed by atoms with Crippen LogP contribution in [-0.4, -0.2) is 56.5 Å². The lowest BCUT2D eigenvalue weighted by Crippen LogP contribution is -2.56. The largest absolute Gasteiger partial charge is 0.379 e. The van der Waals surface area contributed by atoms with E-state index >= 15 is 0 Å². The predicted molar refractivity (Wildman–Crippen MR) is 45.1 cm³/mol. The fourth-order valence-electron chi connectivity index (χ4n) is 1.59. The lowest BCUT2D eigenvalue weighted by Gasteiger charge is -2.35. The second-order valence-electron chi connectivity index (χ2n) is 3.16. The standard InChI is InChI=1S/C8H14N2O3/c11-7-8(13-4-1-9-7)10-2-5-12-6-3-10/h8H,1-6H2,(H,9,11). The summed E-state index contributed by atoms with van der Waals surface area (Å²) in [5.41, 5.74) is 0. The van der Waals surface area contributed by atoms with E-state index in [9.17, 15) is 4.79 Å². The molecule has 2 fully saturated rings. The molecular weight excluding hydrogens is 172 g/mol. The van der Waals surface area contributed by atoms with E-state index < -0.39 is 6.23 Å². The number of ether oxygens (including phenoxy) is 2. The average Bonchev–Trinajstić information content (AvgIpc) is 2.20. The Morgan fingerprint density at radius 3 is 2.77 bits per heavy atom. The number of hydrogen-bond acceptors (Lipinski definition) is 4. The summed E-state index contributed by atoms with van der Waals surface area (Å²) in [4.78, 5) is 13.4. The minimum atomic E-state index is -0.391. The highest BCUT2D eigenvalue weighted by Gasteiger charge is 2.30. The van der Waals surface area contributed by atoms with E-state index in [2.05, 4.69) is 5.32 Å². The Hall–Kier alpha value is -0.650. The molecule has 5 heteroatoms. The van der Waals surface area contributed by atoms with Crippen LogP contribution in [-0.2, 0) is 14.3 Å². The molecule has 2 saturated heterocycles. The molecule has 74 valence electrons. The molecule has 0 aromatic rings. The van der Waals surface area contributed by atoms with Gasteiger partial charge in [-0.15, -0.1) is 0 Å². The van der Waals surface area contributed by atoms with Crippen LogP contribution in [0.1, 0.15) is 0 Å². The second kappa shape index (κ2) is 4.04. The number of carbonyl (C=O) groups excluding carboxylic acids is 1. The summed E-state index contributed by atoms with van der Waals surface area (Å²) in [5.74, 6) is -0.0202. The maximum atomic E-state index is 11.4. The Balaban J connectivity index is 1.92. The Morgan fingerprint density at radius 1 is 1.31 bits per heavy atom. The number of nitrogens with one attached hydrogen (secondary N) is 1. The molecule has 1 amide bonds. The van der Waals surface area contributed by atoms with Gasteiger partial charge in [0.2, 0.25) is 0 Å². The average molecular weight is 186 g/mol. The molecule has 5 nitrogen and oxygen atoms in total. The maximum Gasteiger partial charge on any atom is 0.264 e. The maximum absolute atomic E-state index is 11.4. The van der Waals surface area contributed by atoms with Gasteiger partial charge in [0.25, 0.3) is 5.91 Å². The van der Waals surface area contributed by atoms with E-state index in [0.29, 0.717) is 26.4 Å². The Kier molecular flexibility index (Phi) is 2.77. The third-order valence-corrected chi connectivity index (χ3v) is 2.28. The van der Waals surface area contributed by atoms with Crippen LogP contribution in [0, 0.1) is 0 Å². The van der Waals surface area contributed by atoms with Crippen molar-refractivity contribution in [1.29, 1.82) is 0 Å². The number of hydrogen-bond donors (Lipinski definition) is 1. The van der Waals surface area contributed by atoms with Crippen molar-refractivity contribution in [2.75, 3.05) is 39.5 Å². The molecule has 13 heavy (non-hydrogen) atoms. The molecule has 0 bridgehead atoms. The lowest BCUT2D eigenvalue weighted by molar-refractivity contribution is -0.159. The number of carbonyl (C=O) groups is 1. The number of rotatable bonds is 1. The monoisotopic (exact) mass is 186 g/mol. The fourth-order valence-corrected chi connectivity index (χ4v) is 1.59. The first-order valence-electron chi connectivity index (χ1n) is 4.59. The van der Waals surface area contributed by atoms with Gasteiger partial charge in [0.1, 0.15) is 0 Å². The first-order valence-corrected chi connectivity index (χ1v) is 4.59. The molecule has 1 N–H and O–H groups in total. The summed E-state index contributed by atoms with van der Waals surface area (Å²) in [6.07, 6.45) is -0.391. The second-order valence-corrected chi connectivity index (χ2v) is 3.16. The zero-order valence-corrected chi connectivity index (χ0v) is 7.49. The van der Waals surface area contributed by atoms with Crippen molar-refractivity contribution < 1.29 is 14.3 Å². The number of nitrogens with zero attached hydrogens (tertiary/aromatic N) is 1. The van der Waals surface area contributed by atoms with Gasteiger partial charge in [-0.1, -0.05) is 0 Å². The first-order chi connectivity index (χ1) is 6.38. The molecular formula is C8H14N2O3. The Bertz CT molecular complexity index is 192. The molecule has 1 atom stereocenters. The fraction of sp³-hybridized carbons (Fsp3) is 0.875. The first kappa shape index (κ1) is 8.93. The van der Waals surface area contributed by atoms with Crippen molar-refractivity contribution in [2.45, 2.75) is 6.23 Å². The zero-order chi connectivity index (χ0) is 9.10. The third-order valence-electron chi connectivity index (χ3n) is 2.28. The van der Waals surface area contributed by atoms with Gasteiger partial charge in [-0.05, 0) is 0 Å². The SMILES string of the molecule is O=C1NCCOC1N1CCOCC1. The number of morpholine rings is 2. The van der Waals surface area contributed by atoms with Gasteiger partial charge >= 0.3 is 0 Å². The summed E-state index contributed by atoms with van der Waals surface area (Å²) in [5, 5.41) is 2.78. The molecule has 0 radical (unpaired) electrons. The van der Waals surface area contributed by atoms with E-state index in [1.165, 1.54) is 0 Å². The molecule has 1 unspecified atom stereocenters. The Morgan fingerprint density at radius 2 is 2.08 bits per heavy atom. The predicted octanol–water partition coefficient (Wildman–Crippen LogP) is -1.21. The van der Waals surface area contributed by atoms with Gasteiger partial charge in [0, 0.05) is 19.6 Å². The van der Waals surface area contributed by atoms with Crippen molar-refractivity contribution in [1.82, 2.24) is 10.2 Å². The Labute approximate surface area is 77.0 Å². The molecule has 2 aliphatic rings. The van der Waals surface area contributed by atoms with Gasteiger partial charge in [0.05, 0.1) is 19.8 Å². The van der Waals surface area contributed by atoms with Gasteiger partial charge < -0.3 is 14.8 Å². The van der Waals surface area contributed by atoms with E-state index in [-0.39, 0.29) is 5.91 Å². The number of amides is 1. The van der Waals surface area contributed by atoms with Crippen molar-refractivity contribution in [3.63, 3.8) is 0 Å². The summed E-state index contributed by atoms with van der Waals surface area (Å²) in [6.45, 7) is 4.16. The molecule has 0 spiro atoms. The highest BCUT2D eigenvalue weighted by Crippen LogP contribution is 2.07. The summed E-state index contributed by atoms with van der Waals surface area (Å²) >= 11 is 0. The van der Waals surface area contributed by atoms with Crippen LogP contribution in [0.4, 0.5) is 0 Å². The lowest BCUT2D eigenvalue weighted by atomic mass is 10.3. The van der Waals surface area contributed by atoms with Crippen molar-refractivity contribution in [2.24, 2.45) is 0 Å². The van der Waals surface area contributed by atoms with E-state index in [0.717, 1.165) is 13.1 Å². The van der Waals surface area contributed by atoms with Gasteiger partial charge in [-0.2, -0.15) is 0 Å². The molecule has 0 aliphatic carbocycles. The van der Waals surface area contributed by atoms with E-state index in [4.69, 9.17) is 9.47 Å². The minimum absolute atomic E-state index is 0.0202. The zero-order valence-electron chi connectivity index (χ0n) is 7.49. The van der Waals surface area contributed by atoms with Crippen molar-refractivity contribution >= 4 is 5.91 Å². The molecule has 2 rings (SSSR count). The van der Waals surface area contributed by atoms with Crippen LogP contribution in [0.15, 0.2) is 0 Å². The molecule has 0 aromatic heterocycles. The molecule has 2 aliphatic heterocycles. The summed E-state index contributed by atoms with van der Waals surface area (Å²) in [6, 6.07) is 0. The van der Waals surface area contributed by atoms with Gasteiger partial charge in [-0.25, -0.2) is 0 Å². The van der Waals surface area contributed by atoms with Crippen LogP contribution < -0.4 is 5.32 Å². The smallest absolute Gasteiger partial charge is 0.264 e. The van der Waals surface area contributed by atoms with Crippen LogP contribution >= 0.6 is 0 Å². The molecule has 2 heterocycles. The highest BCUT2D eigenvalue weighted by atomic mass is 16.5. The van der Waals surface area contributed by atoms with Crippen LogP contribution in [0.25, 0.3) is 0 Å². The molecule has 0 saturated carbocycles. The normalized spacial score (nSPS) is 31.4.